The molecule has 1 aromatic carbocycles. The third-order valence-corrected chi connectivity index (χ3v) is 4.91. The highest BCUT2D eigenvalue weighted by Crippen LogP contribution is 2.21. The van der Waals surface area contributed by atoms with Gasteiger partial charge in [0, 0.05) is 30.4 Å². The number of aliphatic imine (C=N–C) groups is 1. The number of benzene rings is 1. The minimum atomic E-state index is 0.0582. The molecule has 1 aliphatic heterocycles. The number of carbonyl (C=O) groups is 1. The summed E-state index contributed by atoms with van der Waals surface area (Å²) in [4.78, 5) is 18.8. The van der Waals surface area contributed by atoms with Crippen molar-refractivity contribution in [3.05, 3.63) is 29.8 Å². The van der Waals surface area contributed by atoms with Crippen LogP contribution in [0.25, 0.3) is 0 Å². The first-order valence-electron chi connectivity index (χ1n) is 9.17. The van der Waals surface area contributed by atoms with Crippen molar-refractivity contribution in [2.24, 2.45) is 10.7 Å². The SMILES string of the molecule is CC(=O)c1cccc(NC(=N[C@H]2CCCC[C@@H]2N)N2CCOCC2)c1. The molecule has 3 rings (SSSR count). The van der Waals surface area contributed by atoms with Crippen molar-refractivity contribution in [1.29, 1.82) is 0 Å². The molecule has 0 bridgehead atoms. The third-order valence-electron chi connectivity index (χ3n) is 4.91. The van der Waals surface area contributed by atoms with Crippen LogP contribution in [0.15, 0.2) is 29.3 Å². The number of ether oxygens (including phenoxy) is 1. The number of ketones is 1. The summed E-state index contributed by atoms with van der Waals surface area (Å²) in [5, 5.41) is 3.42. The van der Waals surface area contributed by atoms with Crippen LogP contribution in [0.3, 0.4) is 0 Å². The molecule has 2 atom stereocenters. The van der Waals surface area contributed by atoms with Crippen LogP contribution < -0.4 is 11.1 Å². The van der Waals surface area contributed by atoms with Crippen LogP contribution in [-0.2, 0) is 4.74 Å². The first kappa shape index (κ1) is 17.9. The monoisotopic (exact) mass is 344 g/mol. The van der Waals surface area contributed by atoms with Gasteiger partial charge in [-0.25, -0.2) is 4.99 Å². The lowest BCUT2D eigenvalue weighted by molar-refractivity contribution is 0.0677. The Morgan fingerprint density at radius 3 is 2.76 bits per heavy atom. The van der Waals surface area contributed by atoms with Gasteiger partial charge in [-0.2, -0.15) is 0 Å². The molecular formula is C19H28N4O2. The van der Waals surface area contributed by atoms with E-state index in [9.17, 15) is 4.79 Å². The number of nitrogens with two attached hydrogens (primary N) is 1. The third kappa shape index (κ3) is 4.80. The van der Waals surface area contributed by atoms with Crippen molar-refractivity contribution in [2.45, 2.75) is 44.7 Å². The summed E-state index contributed by atoms with van der Waals surface area (Å²) in [6, 6.07) is 7.83. The zero-order valence-electron chi connectivity index (χ0n) is 14.9. The van der Waals surface area contributed by atoms with E-state index in [0.717, 1.165) is 37.6 Å². The van der Waals surface area contributed by atoms with Gasteiger partial charge in [0.1, 0.15) is 0 Å². The average Bonchev–Trinajstić information content (AvgIpc) is 2.64. The molecule has 0 amide bonds. The molecule has 0 unspecified atom stereocenters. The van der Waals surface area contributed by atoms with Gasteiger partial charge < -0.3 is 20.7 Å². The number of hydrogen-bond donors (Lipinski definition) is 2. The summed E-state index contributed by atoms with van der Waals surface area (Å²) in [6.07, 6.45) is 4.43. The second-order valence-electron chi connectivity index (χ2n) is 6.83. The van der Waals surface area contributed by atoms with Crippen LogP contribution in [0, 0.1) is 0 Å². The summed E-state index contributed by atoms with van der Waals surface area (Å²) in [5.74, 6) is 0.897. The van der Waals surface area contributed by atoms with Crippen LogP contribution in [0.5, 0.6) is 0 Å². The van der Waals surface area contributed by atoms with Gasteiger partial charge in [-0.1, -0.05) is 25.0 Å². The van der Waals surface area contributed by atoms with Crippen molar-refractivity contribution in [2.75, 3.05) is 31.6 Å². The molecule has 1 saturated heterocycles. The lowest BCUT2D eigenvalue weighted by atomic mass is 9.91. The number of Topliss-reactive ketones (excluding diaryl/α,β-unsaturated/α-hetero) is 1. The molecule has 2 fully saturated rings. The Kier molecular flexibility index (Phi) is 6.04. The Bertz CT molecular complexity index is 626. The van der Waals surface area contributed by atoms with Crippen molar-refractivity contribution >= 4 is 17.4 Å². The van der Waals surface area contributed by atoms with E-state index in [1.54, 1.807) is 6.92 Å². The number of hydrogen-bond acceptors (Lipinski definition) is 4. The van der Waals surface area contributed by atoms with Crippen molar-refractivity contribution in [3.8, 4) is 0 Å². The van der Waals surface area contributed by atoms with Gasteiger partial charge in [-0.05, 0) is 31.9 Å². The molecule has 1 saturated carbocycles. The second-order valence-corrected chi connectivity index (χ2v) is 6.83. The Morgan fingerprint density at radius 2 is 2.04 bits per heavy atom. The van der Waals surface area contributed by atoms with Gasteiger partial charge in [0.25, 0.3) is 0 Å². The van der Waals surface area contributed by atoms with Crippen LogP contribution in [0.1, 0.15) is 43.0 Å². The van der Waals surface area contributed by atoms with Gasteiger partial charge in [0.2, 0.25) is 0 Å². The van der Waals surface area contributed by atoms with Crippen LogP contribution in [0.2, 0.25) is 0 Å². The summed E-state index contributed by atoms with van der Waals surface area (Å²) in [5.41, 5.74) is 7.86. The first-order chi connectivity index (χ1) is 12.1. The Labute approximate surface area is 149 Å². The smallest absolute Gasteiger partial charge is 0.198 e. The van der Waals surface area contributed by atoms with E-state index < -0.39 is 0 Å². The molecule has 0 aromatic heterocycles. The molecule has 25 heavy (non-hydrogen) atoms. The Morgan fingerprint density at radius 1 is 1.28 bits per heavy atom. The average molecular weight is 344 g/mol. The number of nitrogens with zero attached hydrogens (tertiary/aromatic N) is 2. The van der Waals surface area contributed by atoms with Gasteiger partial charge >= 0.3 is 0 Å². The minimum Gasteiger partial charge on any atom is -0.378 e. The molecule has 136 valence electrons. The number of rotatable bonds is 3. The van der Waals surface area contributed by atoms with E-state index in [1.165, 1.54) is 12.8 Å². The van der Waals surface area contributed by atoms with Crippen LogP contribution in [0.4, 0.5) is 5.69 Å². The minimum absolute atomic E-state index is 0.0582. The summed E-state index contributed by atoms with van der Waals surface area (Å²) in [7, 11) is 0. The number of carbonyl (C=O) groups excluding carboxylic acids is 1. The van der Waals surface area contributed by atoms with E-state index in [1.807, 2.05) is 24.3 Å². The molecule has 2 aliphatic rings. The van der Waals surface area contributed by atoms with Gasteiger partial charge in [-0.3, -0.25) is 4.79 Å². The van der Waals surface area contributed by atoms with Crippen LogP contribution >= 0.6 is 0 Å². The zero-order chi connectivity index (χ0) is 17.6. The second kappa shape index (κ2) is 8.45. The Hall–Kier alpha value is -1.92. The highest BCUT2D eigenvalue weighted by atomic mass is 16.5. The highest BCUT2D eigenvalue weighted by molar-refractivity contribution is 5.98. The topological polar surface area (TPSA) is 80.0 Å². The molecule has 1 aliphatic carbocycles. The predicted octanol–water partition coefficient (Wildman–Crippen LogP) is 2.26. The fourth-order valence-corrected chi connectivity index (χ4v) is 3.37. The largest absolute Gasteiger partial charge is 0.378 e. The van der Waals surface area contributed by atoms with Crippen molar-refractivity contribution in [3.63, 3.8) is 0 Å². The maximum atomic E-state index is 11.6. The quantitative estimate of drug-likeness (QED) is 0.499. The lowest BCUT2D eigenvalue weighted by Gasteiger charge is -2.33. The molecule has 1 heterocycles. The van der Waals surface area contributed by atoms with E-state index in [-0.39, 0.29) is 17.9 Å². The molecule has 1 aromatic rings. The van der Waals surface area contributed by atoms with E-state index in [4.69, 9.17) is 15.5 Å². The van der Waals surface area contributed by atoms with Gasteiger partial charge in [0.15, 0.2) is 11.7 Å². The maximum absolute atomic E-state index is 11.6. The number of anilines is 1. The predicted molar refractivity (Wildman–Crippen MR) is 100 cm³/mol. The van der Waals surface area contributed by atoms with Gasteiger partial charge in [-0.15, -0.1) is 0 Å². The number of morpholine rings is 1. The zero-order valence-corrected chi connectivity index (χ0v) is 14.9. The van der Waals surface area contributed by atoms with Crippen LogP contribution in [-0.4, -0.2) is 55.0 Å². The van der Waals surface area contributed by atoms with Crippen molar-refractivity contribution in [1.82, 2.24) is 4.90 Å². The van der Waals surface area contributed by atoms with E-state index >= 15 is 0 Å². The van der Waals surface area contributed by atoms with E-state index in [0.29, 0.717) is 18.8 Å². The first-order valence-corrected chi connectivity index (χ1v) is 9.17. The summed E-state index contributed by atoms with van der Waals surface area (Å²) < 4.78 is 5.47. The number of guanidine groups is 1. The fraction of sp³-hybridized carbons (Fsp3) is 0.579. The van der Waals surface area contributed by atoms with Gasteiger partial charge in [0.05, 0.1) is 19.3 Å². The molecular weight excluding hydrogens is 316 g/mol. The lowest BCUT2D eigenvalue weighted by Crippen LogP contribution is -2.46. The van der Waals surface area contributed by atoms with Crippen molar-refractivity contribution < 1.29 is 9.53 Å². The summed E-state index contributed by atoms with van der Waals surface area (Å²) >= 11 is 0. The maximum Gasteiger partial charge on any atom is 0.198 e. The van der Waals surface area contributed by atoms with E-state index in [2.05, 4.69) is 10.2 Å². The fourth-order valence-electron chi connectivity index (χ4n) is 3.37. The number of nitrogens with one attached hydrogen (secondary N) is 1. The Balaban J connectivity index is 1.82. The molecule has 6 heteroatoms. The molecule has 0 spiro atoms. The standard InChI is InChI=1S/C19H28N4O2/c1-14(24)15-5-4-6-16(13-15)21-19(23-9-11-25-12-10-23)22-18-8-3-2-7-17(18)20/h4-6,13,17-18H,2-3,7-12,20H2,1H3,(H,21,22)/t17-,18-/m0/s1. The molecule has 0 radical (unpaired) electrons. The normalized spacial score (nSPS) is 24.9. The molecule has 3 N–H and O–H groups in total. The highest BCUT2D eigenvalue weighted by Gasteiger charge is 2.24. The summed E-state index contributed by atoms with van der Waals surface area (Å²) in [6.45, 7) is 4.59. The molecule has 6 nitrogen and oxygen atoms in total.